The first-order chi connectivity index (χ1) is 11.1. The number of halogens is 1. The monoisotopic (exact) mass is 329 g/mol. The normalized spacial score (nSPS) is 10.5. The molecule has 3 rings (SSSR count). The van der Waals surface area contributed by atoms with E-state index in [2.05, 4.69) is 15.8 Å². The summed E-state index contributed by atoms with van der Waals surface area (Å²) < 4.78 is 5.52. The van der Waals surface area contributed by atoms with Crippen LogP contribution in [0.5, 0.6) is 0 Å². The molecule has 7 heteroatoms. The quantitative estimate of drug-likeness (QED) is 0.559. The molecule has 2 N–H and O–H groups in total. The molecule has 6 nitrogen and oxygen atoms in total. The summed E-state index contributed by atoms with van der Waals surface area (Å²) in [5.74, 6) is -0.886. The molecule has 2 aromatic heterocycles. The van der Waals surface area contributed by atoms with Crippen molar-refractivity contribution in [1.82, 2.24) is 15.8 Å². The van der Waals surface area contributed by atoms with Gasteiger partial charge in [-0.1, -0.05) is 29.8 Å². The van der Waals surface area contributed by atoms with E-state index in [4.69, 9.17) is 16.0 Å². The van der Waals surface area contributed by atoms with Crippen LogP contribution in [-0.2, 0) is 0 Å². The number of carbonyl (C=O) groups is 2. The van der Waals surface area contributed by atoms with Gasteiger partial charge in [0.25, 0.3) is 5.91 Å². The van der Waals surface area contributed by atoms with Crippen molar-refractivity contribution in [2.45, 2.75) is 6.92 Å². The molecule has 0 saturated carbocycles. The van der Waals surface area contributed by atoms with Crippen LogP contribution < -0.4 is 10.9 Å². The zero-order valence-corrected chi connectivity index (χ0v) is 12.8. The van der Waals surface area contributed by atoms with E-state index in [1.807, 2.05) is 18.2 Å². The SMILES string of the molecule is Cc1c(C(=O)NNC(=O)c2ccnc(Cl)c2)oc2ccccc12. The summed E-state index contributed by atoms with van der Waals surface area (Å²) in [6, 6.07) is 10.2. The number of hydrogen-bond acceptors (Lipinski definition) is 4. The number of para-hydroxylation sites is 1. The Kier molecular flexibility index (Phi) is 3.99. The Morgan fingerprint density at radius 3 is 2.61 bits per heavy atom. The van der Waals surface area contributed by atoms with Gasteiger partial charge in [0.2, 0.25) is 0 Å². The van der Waals surface area contributed by atoms with Gasteiger partial charge in [-0.2, -0.15) is 0 Å². The highest BCUT2D eigenvalue weighted by Crippen LogP contribution is 2.24. The fourth-order valence-electron chi connectivity index (χ4n) is 2.18. The molecule has 116 valence electrons. The topological polar surface area (TPSA) is 84.2 Å². The highest BCUT2D eigenvalue weighted by atomic mass is 35.5. The lowest BCUT2D eigenvalue weighted by molar-refractivity contribution is 0.0831. The molecule has 3 aromatic rings. The second-order valence-corrected chi connectivity index (χ2v) is 5.22. The van der Waals surface area contributed by atoms with Gasteiger partial charge in [0, 0.05) is 22.7 Å². The number of nitrogens with zero attached hydrogens (tertiary/aromatic N) is 1. The van der Waals surface area contributed by atoms with Crippen LogP contribution in [-0.4, -0.2) is 16.8 Å². The van der Waals surface area contributed by atoms with E-state index in [0.29, 0.717) is 11.1 Å². The van der Waals surface area contributed by atoms with Gasteiger partial charge in [-0.3, -0.25) is 20.4 Å². The summed E-state index contributed by atoms with van der Waals surface area (Å²) in [5, 5.41) is 1.04. The smallest absolute Gasteiger partial charge is 0.305 e. The molecule has 0 saturated heterocycles. The number of benzene rings is 1. The first-order valence-corrected chi connectivity index (χ1v) is 7.14. The second-order valence-electron chi connectivity index (χ2n) is 4.83. The van der Waals surface area contributed by atoms with Crippen molar-refractivity contribution in [2.24, 2.45) is 0 Å². The van der Waals surface area contributed by atoms with Crippen molar-refractivity contribution in [3.05, 3.63) is 64.6 Å². The molecule has 2 heterocycles. The second kappa shape index (κ2) is 6.10. The van der Waals surface area contributed by atoms with Gasteiger partial charge in [0.1, 0.15) is 10.7 Å². The van der Waals surface area contributed by atoms with Crippen molar-refractivity contribution < 1.29 is 14.0 Å². The lowest BCUT2D eigenvalue weighted by atomic mass is 10.1. The predicted octanol–water partition coefficient (Wildman–Crippen LogP) is 2.86. The van der Waals surface area contributed by atoms with Crippen molar-refractivity contribution in [1.29, 1.82) is 0 Å². The Labute approximate surface area is 136 Å². The van der Waals surface area contributed by atoms with E-state index >= 15 is 0 Å². The minimum Gasteiger partial charge on any atom is -0.451 e. The maximum atomic E-state index is 12.2. The highest BCUT2D eigenvalue weighted by Gasteiger charge is 2.18. The summed E-state index contributed by atoms with van der Waals surface area (Å²) in [6.45, 7) is 1.78. The summed E-state index contributed by atoms with van der Waals surface area (Å²) in [6.07, 6.45) is 1.41. The number of aromatic nitrogens is 1. The van der Waals surface area contributed by atoms with Crippen LogP contribution in [0.15, 0.2) is 47.0 Å². The number of furan rings is 1. The third kappa shape index (κ3) is 3.02. The lowest BCUT2D eigenvalue weighted by Crippen LogP contribution is -2.41. The third-order valence-corrected chi connectivity index (χ3v) is 3.53. The third-order valence-electron chi connectivity index (χ3n) is 3.33. The predicted molar refractivity (Wildman–Crippen MR) is 85.1 cm³/mol. The van der Waals surface area contributed by atoms with E-state index in [1.54, 1.807) is 13.0 Å². The number of fused-ring (bicyclic) bond motifs is 1. The van der Waals surface area contributed by atoms with Crippen LogP contribution in [0, 0.1) is 6.92 Å². The van der Waals surface area contributed by atoms with Gasteiger partial charge in [-0.05, 0) is 25.1 Å². The lowest BCUT2D eigenvalue weighted by Gasteiger charge is -2.06. The highest BCUT2D eigenvalue weighted by molar-refractivity contribution is 6.29. The summed E-state index contributed by atoms with van der Waals surface area (Å²) in [7, 11) is 0. The molecule has 1 aromatic carbocycles. The van der Waals surface area contributed by atoms with Crippen LogP contribution in [0.1, 0.15) is 26.5 Å². The number of amides is 2. The molecule has 0 fully saturated rings. The van der Waals surface area contributed by atoms with Crippen molar-refractivity contribution >= 4 is 34.4 Å². The molecule has 0 bridgehead atoms. The molecular formula is C16H12ClN3O3. The van der Waals surface area contributed by atoms with Gasteiger partial charge in [0.15, 0.2) is 5.76 Å². The van der Waals surface area contributed by atoms with Crippen molar-refractivity contribution in [3.8, 4) is 0 Å². The minimum absolute atomic E-state index is 0.152. The summed E-state index contributed by atoms with van der Waals surface area (Å²) >= 11 is 5.72. The number of hydrogen-bond donors (Lipinski definition) is 2. The number of pyridine rings is 1. The number of aryl methyl sites for hydroxylation is 1. The summed E-state index contributed by atoms with van der Waals surface area (Å²) in [4.78, 5) is 27.9. The number of rotatable bonds is 2. The van der Waals surface area contributed by atoms with E-state index in [0.717, 1.165) is 5.39 Å². The zero-order chi connectivity index (χ0) is 16.4. The van der Waals surface area contributed by atoms with Gasteiger partial charge in [0.05, 0.1) is 0 Å². The molecule has 2 amide bonds. The van der Waals surface area contributed by atoms with Crippen molar-refractivity contribution in [3.63, 3.8) is 0 Å². The van der Waals surface area contributed by atoms with E-state index in [9.17, 15) is 9.59 Å². The first kappa shape index (κ1) is 15.1. The maximum absolute atomic E-state index is 12.2. The van der Waals surface area contributed by atoms with Gasteiger partial charge < -0.3 is 4.42 Å². The fraction of sp³-hybridized carbons (Fsp3) is 0.0625. The molecule has 0 aliphatic heterocycles. The van der Waals surface area contributed by atoms with Gasteiger partial charge >= 0.3 is 5.91 Å². The van der Waals surface area contributed by atoms with Gasteiger partial charge in [-0.25, -0.2) is 4.98 Å². The van der Waals surface area contributed by atoms with Crippen LogP contribution in [0.3, 0.4) is 0 Å². The standard InChI is InChI=1S/C16H12ClN3O3/c1-9-11-4-2-3-5-12(11)23-14(9)16(22)20-19-15(21)10-6-7-18-13(17)8-10/h2-8H,1H3,(H,19,21)(H,20,22). The number of carbonyl (C=O) groups excluding carboxylic acids is 2. The van der Waals surface area contributed by atoms with Crippen LogP contribution in [0.4, 0.5) is 0 Å². The molecule has 0 aliphatic rings. The Morgan fingerprint density at radius 1 is 1.13 bits per heavy atom. The summed E-state index contributed by atoms with van der Waals surface area (Å²) in [5.41, 5.74) is 6.24. The largest absolute Gasteiger partial charge is 0.451 e. The number of hydrazine groups is 1. The Bertz CT molecular complexity index is 904. The van der Waals surface area contributed by atoms with E-state index in [-0.39, 0.29) is 16.5 Å². The van der Waals surface area contributed by atoms with E-state index < -0.39 is 11.8 Å². The van der Waals surface area contributed by atoms with Crippen LogP contribution in [0.25, 0.3) is 11.0 Å². The van der Waals surface area contributed by atoms with Crippen molar-refractivity contribution in [2.75, 3.05) is 0 Å². The molecule has 0 spiro atoms. The number of nitrogens with one attached hydrogen (secondary N) is 2. The van der Waals surface area contributed by atoms with Crippen LogP contribution >= 0.6 is 11.6 Å². The van der Waals surface area contributed by atoms with Gasteiger partial charge in [-0.15, -0.1) is 0 Å². The average Bonchev–Trinajstić information content (AvgIpc) is 2.90. The minimum atomic E-state index is -0.535. The van der Waals surface area contributed by atoms with Crippen LogP contribution in [0.2, 0.25) is 5.15 Å². The molecule has 0 radical (unpaired) electrons. The molecule has 23 heavy (non-hydrogen) atoms. The average molecular weight is 330 g/mol. The van der Waals surface area contributed by atoms with E-state index in [1.165, 1.54) is 18.3 Å². The fourth-order valence-corrected chi connectivity index (χ4v) is 2.35. The Morgan fingerprint density at radius 2 is 1.87 bits per heavy atom. The molecule has 0 aliphatic carbocycles. The maximum Gasteiger partial charge on any atom is 0.305 e. The molecular weight excluding hydrogens is 318 g/mol. The Hall–Kier alpha value is -2.86. The molecule has 0 atom stereocenters. The first-order valence-electron chi connectivity index (χ1n) is 6.76. The zero-order valence-electron chi connectivity index (χ0n) is 12.1. The Balaban J connectivity index is 1.74. The molecule has 0 unspecified atom stereocenters.